The Labute approximate surface area is 192 Å². The van der Waals surface area contributed by atoms with E-state index in [1.807, 2.05) is 6.92 Å². The highest BCUT2D eigenvalue weighted by Crippen LogP contribution is 2.13. The third-order valence-corrected chi connectivity index (χ3v) is 4.76. The summed E-state index contributed by atoms with van der Waals surface area (Å²) in [6.07, 6.45) is 2.26. The summed E-state index contributed by atoms with van der Waals surface area (Å²) in [5, 5.41) is 6.69. The number of guanidine groups is 1. The van der Waals surface area contributed by atoms with Gasteiger partial charge in [0.05, 0.1) is 6.54 Å². The van der Waals surface area contributed by atoms with E-state index in [1.54, 1.807) is 12.1 Å². The minimum Gasteiger partial charge on any atom is -0.489 e. The zero-order valence-electron chi connectivity index (χ0n) is 18.0. The average Bonchev–Trinajstić information content (AvgIpc) is 2.89. The van der Waals surface area contributed by atoms with Crippen molar-refractivity contribution in [1.29, 1.82) is 0 Å². The highest BCUT2D eigenvalue weighted by atomic mass is 127. The molecule has 166 valence electrons. The minimum absolute atomic E-state index is 0. The van der Waals surface area contributed by atoms with E-state index in [0.29, 0.717) is 12.3 Å². The molecular weight excluding hydrogens is 484 g/mol. The number of likely N-dealkylation sites (N-methyl/N-ethyl adjacent to an activating group) is 1. The minimum atomic E-state index is -0.260. The van der Waals surface area contributed by atoms with E-state index in [2.05, 4.69) is 39.4 Å². The summed E-state index contributed by atoms with van der Waals surface area (Å²) in [7, 11) is 2.20. The Morgan fingerprint density at radius 1 is 1.17 bits per heavy atom. The zero-order valence-corrected chi connectivity index (χ0v) is 20.3. The van der Waals surface area contributed by atoms with Gasteiger partial charge in [-0.3, -0.25) is 0 Å². The van der Waals surface area contributed by atoms with Crippen molar-refractivity contribution in [1.82, 2.24) is 20.4 Å². The monoisotopic (exact) mass is 521 g/mol. The lowest BCUT2D eigenvalue weighted by molar-refractivity contribution is 0.230. The highest BCUT2D eigenvalue weighted by molar-refractivity contribution is 14.0. The lowest BCUT2D eigenvalue weighted by Gasteiger charge is -2.20. The van der Waals surface area contributed by atoms with Crippen molar-refractivity contribution in [2.75, 3.05) is 59.4 Å². The van der Waals surface area contributed by atoms with Crippen LogP contribution in [0.25, 0.3) is 0 Å². The highest BCUT2D eigenvalue weighted by Gasteiger charge is 2.11. The Kier molecular flexibility index (Phi) is 13.2. The summed E-state index contributed by atoms with van der Waals surface area (Å²) in [5.74, 6) is 1.21. The van der Waals surface area contributed by atoms with Crippen LogP contribution in [-0.2, 0) is 0 Å². The van der Waals surface area contributed by atoms with Gasteiger partial charge in [0.25, 0.3) is 0 Å². The van der Waals surface area contributed by atoms with Gasteiger partial charge in [0, 0.05) is 26.2 Å². The van der Waals surface area contributed by atoms with Gasteiger partial charge in [-0.25, -0.2) is 9.38 Å². The Balaban J connectivity index is 0.00000420. The maximum atomic E-state index is 13.0. The number of hydrogen-bond donors (Lipinski definition) is 2. The molecule has 0 saturated carbocycles. The van der Waals surface area contributed by atoms with E-state index < -0.39 is 0 Å². The standard InChI is InChI=1S/C21H36FN5O.HI/c1-4-23-21(24-11-5-13-27-14-6-12-26(3)15-16-27)25-17-18(2)28-20-9-7-19(22)8-10-20;/h7-10,18H,4-6,11-17H2,1-3H3,(H2,23,24,25);1H. The third-order valence-electron chi connectivity index (χ3n) is 4.76. The number of ether oxygens (including phenoxy) is 1. The molecule has 2 rings (SSSR count). The molecule has 1 atom stereocenters. The Morgan fingerprint density at radius 2 is 1.93 bits per heavy atom. The SMILES string of the molecule is CCNC(=NCC(C)Oc1ccc(F)cc1)NCCCN1CCCN(C)CC1.I. The molecule has 1 unspecified atom stereocenters. The summed E-state index contributed by atoms with van der Waals surface area (Å²) >= 11 is 0. The first-order chi connectivity index (χ1) is 13.6. The Hall–Kier alpha value is -1.13. The van der Waals surface area contributed by atoms with E-state index in [0.717, 1.165) is 45.1 Å². The molecule has 0 aliphatic carbocycles. The fourth-order valence-corrected chi connectivity index (χ4v) is 3.18. The number of hydrogen-bond acceptors (Lipinski definition) is 4. The quantitative estimate of drug-likeness (QED) is 0.227. The second-order valence-electron chi connectivity index (χ2n) is 7.38. The van der Waals surface area contributed by atoms with Crippen LogP contribution in [0.3, 0.4) is 0 Å². The molecule has 6 nitrogen and oxygen atoms in total. The normalized spacial score (nSPS) is 17.2. The Morgan fingerprint density at radius 3 is 2.66 bits per heavy atom. The van der Waals surface area contributed by atoms with Crippen LogP contribution in [0.5, 0.6) is 5.75 Å². The summed E-state index contributed by atoms with van der Waals surface area (Å²) < 4.78 is 18.8. The van der Waals surface area contributed by atoms with Crippen molar-refractivity contribution < 1.29 is 9.13 Å². The summed E-state index contributed by atoms with van der Waals surface area (Å²) in [6, 6.07) is 6.08. The largest absolute Gasteiger partial charge is 0.489 e. The molecule has 1 saturated heterocycles. The van der Waals surface area contributed by atoms with Crippen LogP contribution in [0, 0.1) is 5.82 Å². The van der Waals surface area contributed by atoms with Crippen molar-refractivity contribution in [2.45, 2.75) is 32.8 Å². The van der Waals surface area contributed by atoms with E-state index in [4.69, 9.17) is 4.74 Å². The van der Waals surface area contributed by atoms with E-state index >= 15 is 0 Å². The third kappa shape index (κ3) is 11.0. The molecule has 8 heteroatoms. The van der Waals surface area contributed by atoms with Gasteiger partial charge in [-0.15, -0.1) is 24.0 Å². The average molecular weight is 521 g/mol. The van der Waals surface area contributed by atoms with E-state index in [1.165, 1.54) is 31.6 Å². The van der Waals surface area contributed by atoms with Gasteiger partial charge in [-0.2, -0.15) is 0 Å². The first-order valence-electron chi connectivity index (χ1n) is 10.4. The van der Waals surface area contributed by atoms with Crippen LogP contribution >= 0.6 is 24.0 Å². The molecule has 1 fully saturated rings. The molecule has 0 bridgehead atoms. The van der Waals surface area contributed by atoms with Crippen LogP contribution in [-0.4, -0.2) is 81.3 Å². The van der Waals surface area contributed by atoms with Gasteiger partial charge in [-0.1, -0.05) is 0 Å². The van der Waals surface area contributed by atoms with Crippen LogP contribution in [0.15, 0.2) is 29.3 Å². The molecule has 1 aliphatic heterocycles. The van der Waals surface area contributed by atoms with Crippen molar-refractivity contribution in [3.8, 4) is 5.75 Å². The number of nitrogens with one attached hydrogen (secondary N) is 2. The van der Waals surface area contributed by atoms with Crippen LogP contribution < -0.4 is 15.4 Å². The first-order valence-corrected chi connectivity index (χ1v) is 10.4. The van der Waals surface area contributed by atoms with Crippen LogP contribution in [0.1, 0.15) is 26.7 Å². The van der Waals surface area contributed by atoms with Gasteiger partial charge in [0.15, 0.2) is 5.96 Å². The second kappa shape index (κ2) is 14.8. The summed E-state index contributed by atoms with van der Waals surface area (Å²) in [5.41, 5.74) is 0. The smallest absolute Gasteiger partial charge is 0.191 e. The molecule has 0 amide bonds. The topological polar surface area (TPSA) is 52.1 Å². The number of halogens is 2. The van der Waals surface area contributed by atoms with Crippen molar-refractivity contribution in [2.24, 2.45) is 4.99 Å². The molecule has 1 heterocycles. The predicted molar refractivity (Wildman–Crippen MR) is 129 cm³/mol. The van der Waals surface area contributed by atoms with Gasteiger partial charge in [-0.05, 0) is 77.6 Å². The van der Waals surface area contributed by atoms with Gasteiger partial charge in [0.1, 0.15) is 17.7 Å². The number of benzene rings is 1. The van der Waals surface area contributed by atoms with Crippen molar-refractivity contribution >= 4 is 29.9 Å². The van der Waals surface area contributed by atoms with Gasteiger partial charge in [0.2, 0.25) is 0 Å². The maximum absolute atomic E-state index is 13.0. The molecule has 29 heavy (non-hydrogen) atoms. The van der Waals surface area contributed by atoms with E-state index in [-0.39, 0.29) is 35.9 Å². The number of nitrogens with zero attached hydrogens (tertiary/aromatic N) is 3. The van der Waals surface area contributed by atoms with Gasteiger partial charge < -0.3 is 25.2 Å². The summed E-state index contributed by atoms with van der Waals surface area (Å²) in [4.78, 5) is 9.57. The first kappa shape index (κ1) is 25.9. The summed E-state index contributed by atoms with van der Waals surface area (Å²) in [6.45, 7) is 12.1. The lowest BCUT2D eigenvalue weighted by atomic mass is 10.3. The predicted octanol–water partition coefficient (Wildman–Crippen LogP) is 2.79. The van der Waals surface area contributed by atoms with Crippen LogP contribution in [0.4, 0.5) is 4.39 Å². The number of rotatable bonds is 9. The molecule has 1 aliphatic rings. The molecule has 0 aromatic heterocycles. The lowest BCUT2D eigenvalue weighted by Crippen LogP contribution is -2.39. The molecule has 0 spiro atoms. The van der Waals surface area contributed by atoms with Crippen molar-refractivity contribution in [3.63, 3.8) is 0 Å². The van der Waals surface area contributed by atoms with Crippen molar-refractivity contribution in [3.05, 3.63) is 30.1 Å². The molecule has 1 aromatic carbocycles. The molecular formula is C21H37FIN5O. The second-order valence-corrected chi connectivity index (χ2v) is 7.38. The zero-order chi connectivity index (χ0) is 20.2. The van der Waals surface area contributed by atoms with Crippen LogP contribution in [0.2, 0.25) is 0 Å². The fourth-order valence-electron chi connectivity index (χ4n) is 3.18. The van der Waals surface area contributed by atoms with E-state index in [9.17, 15) is 4.39 Å². The molecule has 2 N–H and O–H groups in total. The van der Waals surface area contributed by atoms with Gasteiger partial charge >= 0.3 is 0 Å². The molecule has 0 radical (unpaired) electrons. The maximum Gasteiger partial charge on any atom is 0.191 e. The molecule has 1 aromatic rings. The number of aliphatic imine (C=N–C) groups is 1. The Bertz CT molecular complexity index is 587. The fraction of sp³-hybridized carbons (Fsp3) is 0.667.